The second-order valence-electron chi connectivity index (χ2n) is 7.22. The van der Waals surface area contributed by atoms with E-state index in [9.17, 15) is 23.3 Å². The Morgan fingerprint density at radius 1 is 1.16 bits per heavy atom. The van der Waals surface area contributed by atoms with Crippen LogP contribution in [-0.4, -0.2) is 16.1 Å². The Balaban J connectivity index is 1.78. The molecule has 0 spiro atoms. The van der Waals surface area contributed by atoms with Gasteiger partial charge >= 0.3 is 6.18 Å². The molecular weight excluding hydrogens is 455 g/mol. The van der Waals surface area contributed by atoms with Gasteiger partial charge in [-0.1, -0.05) is 18.0 Å². The van der Waals surface area contributed by atoms with Crippen LogP contribution in [0.4, 0.5) is 18.9 Å². The summed E-state index contributed by atoms with van der Waals surface area (Å²) in [6.45, 7) is 0. The third-order valence-electron chi connectivity index (χ3n) is 4.92. The van der Waals surface area contributed by atoms with E-state index in [1.807, 2.05) is 0 Å². The fourth-order valence-electron chi connectivity index (χ4n) is 3.40. The van der Waals surface area contributed by atoms with Crippen LogP contribution in [0.2, 0.25) is 5.02 Å². The number of ether oxygens (including phenoxy) is 2. The van der Waals surface area contributed by atoms with E-state index in [-0.39, 0.29) is 45.3 Å². The zero-order valence-corrected chi connectivity index (χ0v) is 17.9. The van der Waals surface area contributed by atoms with Gasteiger partial charge in [-0.05, 0) is 68.2 Å². The van der Waals surface area contributed by atoms with Gasteiger partial charge in [0.25, 0.3) is 5.69 Å². The first-order chi connectivity index (χ1) is 14.6. The Morgan fingerprint density at radius 2 is 1.87 bits per heavy atom. The summed E-state index contributed by atoms with van der Waals surface area (Å²) in [6, 6.07) is 6.73. The number of benzene rings is 2. The van der Waals surface area contributed by atoms with Gasteiger partial charge in [-0.2, -0.15) is 13.2 Å². The lowest BCUT2D eigenvalue weighted by molar-refractivity contribution is -0.385. The van der Waals surface area contributed by atoms with Gasteiger partial charge < -0.3 is 9.47 Å². The van der Waals surface area contributed by atoms with Crippen LogP contribution in [-0.2, 0) is 17.3 Å². The minimum absolute atomic E-state index is 0.00416. The van der Waals surface area contributed by atoms with Crippen LogP contribution in [0, 0.1) is 10.1 Å². The van der Waals surface area contributed by atoms with Crippen LogP contribution < -0.4 is 4.74 Å². The first-order valence-electron chi connectivity index (χ1n) is 9.65. The lowest BCUT2D eigenvalue weighted by Crippen LogP contribution is -2.21. The van der Waals surface area contributed by atoms with Gasteiger partial charge in [-0.25, -0.2) is 0 Å². The topological polar surface area (TPSA) is 61.6 Å². The monoisotopic (exact) mass is 473 g/mol. The molecule has 1 saturated carbocycles. The van der Waals surface area contributed by atoms with Crippen molar-refractivity contribution in [2.75, 3.05) is 0 Å². The minimum atomic E-state index is -4.53. The molecule has 166 valence electrons. The quantitative estimate of drug-likeness (QED) is 0.250. The van der Waals surface area contributed by atoms with Crippen LogP contribution >= 0.6 is 23.8 Å². The predicted octanol–water partition coefficient (Wildman–Crippen LogP) is 7.28. The maximum absolute atomic E-state index is 12.8. The number of rotatable bonds is 6. The van der Waals surface area contributed by atoms with Crippen molar-refractivity contribution in [3.05, 3.63) is 62.7 Å². The molecule has 1 aliphatic carbocycles. The molecule has 0 bridgehead atoms. The van der Waals surface area contributed by atoms with Crippen molar-refractivity contribution in [2.45, 2.75) is 50.8 Å². The summed E-state index contributed by atoms with van der Waals surface area (Å²) in [5.74, 6) is 0.179. The molecule has 1 fully saturated rings. The highest BCUT2D eigenvalue weighted by Crippen LogP contribution is 2.37. The lowest BCUT2D eigenvalue weighted by Gasteiger charge is -2.23. The van der Waals surface area contributed by atoms with Crippen molar-refractivity contribution in [1.29, 1.82) is 0 Å². The first-order valence-corrected chi connectivity index (χ1v) is 10.4. The van der Waals surface area contributed by atoms with E-state index in [4.69, 9.17) is 33.3 Å². The largest absolute Gasteiger partial charge is 0.484 e. The zero-order chi connectivity index (χ0) is 22.6. The summed E-state index contributed by atoms with van der Waals surface area (Å²) < 4.78 is 49.8. The molecule has 0 radical (unpaired) electrons. The molecule has 0 heterocycles. The maximum atomic E-state index is 12.8. The molecule has 5 nitrogen and oxygen atoms in total. The maximum Gasteiger partial charge on any atom is 0.416 e. The Hall–Kier alpha value is -2.39. The molecule has 0 unspecified atom stereocenters. The summed E-state index contributed by atoms with van der Waals surface area (Å²) in [6.07, 6.45) is 0.608. The van der Waals surface area contributed by atoms with Gasteiger partial charge in [0.2, 0.25) is 0 Å². The second kappa shape index (κ2) is 9.82. The lowest BCUT2D eigenvalue weighted by atomic mass is 9.98. The number of alkyl halides is 3. The van der Waals surface area contributed by atoms with E-state index in [0.29, 0.717) is 0 Å². The predicted molar refractivity (Wildman–Crippen MR) is 114 cm³/mol. The van der Waals surface area contributed by atoms with Crippen molar-refractivity contribution < 1.29 is 27.6 Å². The van der Waals surface area contributed by atoms with E-state index in [1.54, 1.807) is 0 Å². The van der Waals surface area contributed by atoms with Crippen molar-refractivity contribution in [2.24, 2.45) is 0 Å². The SMILES string of the molecule is O=[N+]([O-])c1ccc(Oc2ccc(C(F)(F)F)cc2Cl)cc1CC(=S)OC1CCCCC1. The van der Waals surface area contributed by atoms with Gasteiger partial charge in [0, 0.05) is 18.1 Å². The number of nitro groups is 1. The van der Waals surface area contributed by atoms with Gasteiger partial charge in [0.1, 0.15) is 11.5 Å². The molecule has 0 amide bonds. The second-order valence-corrected chi connectivity index (χ2v) is 8.08. The Labute approximate surface area is 187 Å². The van der Waals surface area contributed by atoms with E-state index in [1.165, 1.54) is 18.2 Å². The van der Waals surface area contributed by atoms with E-state index in [2.05, 4.69) is 0 Å². The van der Waals surface area contributed by atoms with Crippen LogP contribution in [0.1, 0.15) is 43.2 Å². The van der Waals surface area contributed by atoms with E-state index < -0.39 is 16.7 Å². The fourth-order valence-corrected chi connectivity index (χ4v) is 3.91. The van der Waals surface area contributed by atoms with Crippen LogP contribution in [0.5, 0.6) is 11.5 Å². The Bertz CT molecular complexity index is 978. The van der Waals surface area contributed by atoms with E-state index >= 15 is 0 Å². The summed E-state index contributed by atoms with van der Waals surface area (Å²) in [5, 5.41) is 11.4. The molecule has 2 aromatic carbocycles. The molecule has 0 aliphatic heterocycles. The van der Waals surface area contributed by atoms with Gasteiger partial charge in [-0.3, -0.25) is 10.1 Å². The molecule has 0 saturated heterocycles. The zero-order valence-electron chi connectivity index (χ0n) is 16.3. The molecular formula is C21H19ClF3NO4S. The van der Waals surface area contributed by atoms with Crippen molar-refractivity contribution >= 4 is 34.6 Å². The van der Waals surface area contributed by atoms with E-state index in [0.717, 1.165) is 50.3 Å². The van der Waals surface area contributed by atoms with Crippen LogP contribution in [0.25, 0.3) is 0 Å². The molecule has 10 heteroatoms. The van der Waals surface area contributed by atoms with Crippen molar-refractivity contribution in [3.63, 3.8) is 0 Å². The summed E-state index contributed by atoms with van der Waals surface area (Å²) in [5.41, 5.74) is -0.772. The van der Waals surface area contributed by atoms with Crippen LogP contribution in [0.15, 0.2) is 36.4 Å². The van der Waals surface area contributed by atoms with Gasteiger partial charge in [0.05, 0.1) is 21.6 Å². The number of hydrogen-bond donors (Lipinski definition) is 0. The third kappa shape index (κ3) is 6.30. The number of hydrogen-bond acceptors (Lipinski definition) is 5. The molecule has 1 aliphatic rings. The minimum Gasteiger partial charge on any atom is -0.484 e. The van der Waals surface area contributed by atoms with Gasteiger partial charge in [-0.15, -0.1) is 0 Å². The molecule has 31 heavy (non-hydrogen) atoms. The van der Waals surface area contributed by atoms with Crippen molar-refractivity contribution in [3.8, 4) is 11.5 Å². The normalized spacial score (nSPS) is 14.8. The average Bonchev–Trinajstić information content (AvgIpc) is 2.69. The highest BCUT2D eigenvalue weighted by molar-refractivity contribution is 7.80. The average molecular weight is 474 g/mol. The van der Waals surface area contributed by atoms with Crippen molar-refractivity contribution in [1.82, 2.24) is 0 Å². The first kappa shape index (κ1) is 23.3. The fraction of sp³-hybridized carbons (Fsp3) is 0.381. The summed E-state index contributed by atoms with van der Waals surface area (Å²) >= 11 is 11.2. The molecule has 0 atom stereocenters. The third-order valence-corrected chi connectivity index (χ3v) is 5.46. The Kier molecular flexibility index (Phi) is 7.38. The summed E-state index contributed by atoms with van der Waals surface area (Å²) in [4.78, 5) is 10.9. The summed E-state index contributed by atoms with van der Waals surface area (Å²) in [7, 11) is 0. The number of nitrogens with zero attached hydrogens (tertiary/aromatic N) is 1. The highest BCUT2D eigenvalue weighted by atomic mass is 35.5. The molecule has 2 aromatic rings. The van der Waals surface area contributed by atoms with Crippen LogP contribution in [0.3, 0.4) is 0 Å². The number of halogens is 4. The number of nitro benzene ring substituents is 1. The molecule has 3 rings (SSSR count). The molecule has 0 N–H and O–H groups in total. The Morgan fingerprint density at radius 3 is 2.48 bits per heavy atom. The van der Waals surface area contributed by atoms with Gasteiger partial charge in [0.15, 0.2) is 5.05 Å². The smallest absolute Gasteiger partial charge is 0.416 e. The standard InChI is InChI=1S/C21H19ClF3NO4S/c22-17-12-14(21(23,24)25)6-9-19(17)29-16-7-8-18(26(27)28)13(10-16)11-20(31)30-15-4-2-1-3-5-15/h6-10,12,15H,1-5,11H2. The number of thiocarbonyl (C=S) groups is 1. The highest BCUT2D eigenvalue weighted by Gasteiger charge is 2.31. The molecule has 0 aromatic heterocycles.